The lowest BCUT2D eigenvalue weighted by Crippen LogP contribution is -2.40. The highest BCUT2D eigenvalue weighted by atomic mass is 19.1. The first kappa shape index (κ1) is 21.6. The number of nitrogens with zero attached hydrogens (tertiary/aromatic N) is 5. The molecule has 0 radical (unpaired) electrons. The van der Waals surface area contributed by atoms with Crippen LogP contribution in [-0.4, -0.2) is 43.6 Å². The molecule has 172 valence electrons. The monoisotopic (exact) mass is 458 g/mol. The number of piperidine rings is 1. The topological polar surface area (TPSA) is 99.2 Å². The molecule has 2 aromatic carbocycles. The van der Waals surface area contributed by atoms with Crippen LogP contribution in [0.3, 0.4) is 0 Å². The van der Waals surface area contributed by atoms with E-state index in [1.54, 1.807) is 29.2 Å². The van der Waals surface area contributed by atoms with Crippen molar-refractivity contribution in [2.45, 2.75) is 18.9 Å². The van der Waals surface area contributed by atoms with Crippen LogP contribution in [0.2, 0.25) is 0 Å². The Labute approximate surface area is 195 Å². The largest absolute Gasteiger partial charge is 0.457 e. The molecule has 2 N–H and O–H groups in total. The van der Waals surface area contributed by atoms with Crippen molar-refractivity contribution in [2.24, 2.45) is 0 Å². The number of benzene rings is 2. The number of aromatic nitrogens is 4. The Morgan fingerprint density at radius 2 is 2.00 bits per heavy atom. The van der Waals surface area contributed by atoms with Crippen molar-refractivity contribution >= 4 is 22.8 Å². The molecule has 0 spiro atoms. The molecule has 9 heteroatoms. The Balaban J connectivity index is 1.49. The number of rotatable bonds is 5. The summed E-state index contributed by atoms with van der Waals surface area (Å²) in [5.74, 6) is 0.854. The van der Waals surface area contributed by atoms with Gasteiger partial charge in [0.1, 0.15) is 35.2 Å². The number of nitrogens with two attached hydrogens (primary N) is 1. The van der Waals surface area contributed by atoms with Crippen molar-refractivity contribution in [3.8, 4) is 22.8 Å². The standard InChI is InChI=1S/C25H23FN6O2/c1-2-21(33)31-12-4-6-18(14-31)32-25-22(24(27)28-15-29-25)23(30-32)16-8-10-19(11-9-16)34-20-7-3-5-17(26)13-20/h2-3,5,7-11,13,15,18H,1,4,6,12,14H2,(H2,27,28,29). The Bertz CT molecular complexity index is 1370. The molecule has 0 aliphatic carbocycles. The normalized spacial score (nSPS) is 15.9. The van der Waals surface area contributed by atoms with Crippen molar-refractivity contribution in [3.63, 3.8) is 0 Å². The Morgan fingerprint density at radius 1 is 1.18 bits per heavy atom. The summed E-state index contributed by atoms with van der Waals surface area (Å²) < 4.78 is 21.0. The van der Waals surface area contributed by atoms with Crippen molar-refractivity contribution < 1.29 is 13.9 Å². The number of nitrogen functional groups attached to an aromatic ring is 1. The van der Waals surface area contributed by atoms with E-state index in [9.17, 15) is 9.18 Å². The van der Waals surface area contributed by atoms with Crippen LogP contribution in [0, 0.1) is 5.82 Å². The van der Waals surface area contributed by atoms with Gasteiger partial charge in [-0.25, -0.2) is 19.0 Å². The number of carbonyl (C=O) groups is 1. The van der Waals surface area contributed by atoms with E-state index in [4.69, 9.17) is 15.6 Å². The quantitative estimate of drug-likeness (QED) is 0.446. The summed E-state index contributed by atoms with van der Waals surface area (Å²) in [6.07, 6.45) is 4.47. The number of amides is 1. The fourth-order valence-electron chi connectivity index (χ4n) is 4.28. The molecule has 0 saturated carbocycles. The van der Waals surface area contributed by atoms with Crippen molar-refractivity contribution in [1.29, 1.82) is 0 Å². The highest BCUT2D eigenvalue weighted by molar-refractivity contribution is 5.98. The summed E-state index contributed by atoms with van der Waals surface area (Å²) in [4.78, 5) is 22.6. The van der Waals surface area contributed by atoms with E-state index in [0.717, 1.165) is 18.4 Å². The van der Waals surface area contributed by atoms with Gasteiger partial charge in [0.25, 0.3) is 0 Å². The second kappa shape index (κ2) is 8.93. The molecule has 3 heterocycles. The lowest BCUT2D eigenvalue weighted by Gasteiger charge is -2.32. The molecule has 1 atom stereocenters. The average Bonchev–Trinajstić information content (AvgIpc) is 3.25. The summed E-state index contributed by atoms with van der Waals surface area (Å²) in [5.41, 5.74) is 8.33. The highest BCUT2D eigenvalue weighted by Crippen LogP contribution is 2.35. The number of ether oxygens (including phenoxy) is 1. The molecule has 0 bridgehead atoms. The molecule has 34 heavy (non-hydrogen) atoms. The van der Waals surface area contributed by atoms with E-state index in [-0.39, 0.29) is 17.8 Å². The van der Waals surface area contributed by atoms with Crippen LogP contribution in [0.5, 0.6) is 11.5 Å². The van der Waals surface area contributed by atoms with Crippen molar-refractivity contribution in [1.82, 2.24) is 24.6 Å². The molecule has 1 aliphatic rings. The molecule has 2 aromatic heterocycles. The van der Waals surface area contributed by atoms with Gasteiger partial charge in [0, 0.05) is 24.7 Å². The first-order valence-electron chi connectivity index (χ1n) is 11.0. The third kappa shape index (κ3) is 4.07. The minimum atomic E-state index is -0.363. The smallest absolute Gasteiger partial charge is 0.246 e. The third-order valence-electron chi connectivity index (χ3n) is 5.91. The molecule has 1 unspecified atom stereocenters. The number of halogens is 1. The predicted octanol–water partition coefficient (Wildman–Crippen LogP) is 4.36. The van der Waals surface area contributed by atoms with Crippen LogP contribution in [0.25, 0.3) is 22.3 Å². The molecular formula is C25H23FN6O2. The summed E-state index contributed by atoms with van der Waals surface area (Å²) in [5, 5.41) is 5.53. The number of hydrogen-bond acceptors (Lipinski definition) is 6. The van der Waals surface area contributed by atoms with Gasteiger partial charge >= 0.3 is 0 Å². The number of anilines is 1. The Morgan fingerprint density at radius 3 is 2.76 bits per heavy atom. The summed E-state index contributed by atoms with van der Waals surface area (Å²) in [7, 11) is 0. The maximum absolute atomic E-state index is 13.4. The van der Waals surface area contributed by atoms with Crippen LogP contribution in [-0.2, 0) is 4.79 Å². The van der Waals surface area contributed by atoms with Crippen LogP contribution in [0.1, 0.15) is 18.9 Å². The molecule has 1 aliphatic heterocycles. The lowest BCUT2D eigenvalue weighted by molar-refractivity contribution is -0.127. The minimum absolute atomic E-state index is 0.0428. The first-order valence-corrected chi connectivity index (χ1v) is 11.0. The van der Waals surface area contributed by atoms with Crippen LogP contribution >= 0.6 is 0 Å². The molecule has 1 fully saturated rings. The predicted molar refractivity (Wildman–Crippen MR) is 127 cm³/mol. The van der Waals surface area contributed by atoms with Gasteiger partial charge in [0.05, 0.1) is 11.4 Å². The van der Waals surface area contributed by atoms with E-state index in [2.05, 4.69) is 16.5 Å². The van der Waals surface area contributed by atoms with Gasteiger partial charge in [0.15, 0.2) is 5.65 Å². The van der Waals surface area contributed by atoms with Crippen LogP contribution in [0.15, 0.2) is 67.5 Å². The van der Waals surface area contributed by atoms with Gasteiger partial charge in [-0.3, -0.25) is 4.79 Å². The van der Waals surface area contributed by atoms with Gasteiger partial charge in [-0.1, -0.05) is 12.6 Å². The number of hydrogen-bond donors (Lipinski definition) is 1. The van der Waals surface area contributed by atoms with Gasteiger partial charge in [-0.15, -0.1) is 0 Å². The third-order valence-corrected chi connectivity index (χ3v) is 5.91. The zero-order valence-electron chi connectivity index (χ0n) is 18.4. The maximum atomic E-state index is 13.4. The zero-order valence-corrected chi connectivity index (χ0v) is 18.4. The Kier molecular flexibility index (Phi) is 5.67. The van der Waals surface area contributed by atoms with Gasteiger partial charge in [-0.2, -0.15) is 5.10 Å². The molecule has 4 aromatic rings. The number of likely N-dealkylation sites (tertiary alicyclic amines) is 1. The van der Waals surface area contributed by atoms with Crippen LogP contribution < -0.4 is 10.5 Å². The minimum Gasteiger partial charge on any atom is -0.457 e. The first-order chi connectivity index (χ1) is 16.5. The highest BCUT2D eigenvalue weighted by Gasteiger charge is 2.28. The number of carbonyl (C=O) groups excluding carboxylic acids is 1. The summed E-state index contributed by atoms with van der Waals surface area (Å²) >= 11 is 0. The average molecular weight is 458 g/mol. The fourth-order valence-corrected chi connectivity index (χ4v) is 4.28. The van der Waals surface area contributed by atoms with Crippen molar-refractivity contribution in [2.75, 3.05) is 18.8 Å². The van der Waals surface area contributed by atoms with Crippen LogP contribution in [0.4, 0.5) is 10.2 Å². The summed E-state index contributed by atoms with van der Waals surface area (Å²) in [6, 6.07) is 13.2. The van der Waals surface area contributed by atoms with E-state index >= 15 is 0 Å². The molecule has 1 saturated heterocycles. The van der Waals surface area contributed by atoms with Gasteiger partial charge in [-0.05, 0) is 55.3 Å². The molecule has 8 nitrogen and oxygen atoms in total. The molecular weight excluding hydrogens is 435 g/mol. The van der Waals surface area contributed by atoms with Gasteiger partial charge in [0.2, 0.25) is 5.91 Å². The van der Waals surface area contributed by atoms with Crippen molar-refractivity contribution in [3.05, 3.63) is 73.3 Å². The Hall–Kier alpha value is -4.27. The summed E-state index contributed by atoms with van der Waals surface area (Å²) in [6.45, 7) is 4.81. The van der Waals surface area contributed by atoms with E-state index in [1.807, 2.05) is 16.8 Å². The second-order valence-electron chi connectivity index (χ2n) is 8.12. The van der Waals surface area contributed by atoms with Gasteiger partial charge < -0.3 is 15.4 Å². The lowest BCUT2D eigenvalue weighted by atomic mass is 10.1. The van der Waals surface area contributed by atoms with E-state index < -0.39 is 0 Å². The fraction of sp³-hybridized carbons (Fsp3) is 0.200. The van der Waals surface area contributed by atoms with E-state index in [1.165, 1.54) is 24.5 Å². The molecule has 5 rings (SSSR count). The number of fused-ring (bicyclic) bond motifs is 1. The molecule has 1 amide bonds. The second-order valence-corrected chi connectivity index (χ2v) is 8.12. The SMILES string of the molecule is C=CC(=O)N1CCCC(n2nc(-c3ccc(Oc4cccc(F)c4)cc3)c3c(N)ncnc32)C1. The zero-order chi connectivity index (χ0) is 23.7. The van der Waals surface area contributed by atoms with E-state index in [0.29, 0.717) is 47.1 Å². The maximum Gasteiger partial charge on any atom is 0.246 e.